The fourth-order valence-electron chi connectivity index (χ4n) is 9.93. The van der Waals surface area contributed by atoms with E-state index in [1.54, 1.807) is 6.08 Å². The molecular weight excluding hydrogens is 948 g/mol. The zero-order valence-electron chi connectivity index (χ0n) is 50.8. The Morgan fingerprint density at radius 3 is 1.08 bits per heavy atom. The summed E-state index contributed by atoms with van der Waals surface area (Å²) in [5, 5.41) is 13.9. The second-order valence-corrected chi connectivity index (χ2v) is 25.2. The first-order valence-electron chi connectivity index (χ1n) is 32.9. The molecule has 9 heteroatoms. The lowest BCUT2D eigenvalue weighted by atomic mass is 10.0. The van der Waals surface area contributed by atoms with E-state index < -0.39 is 20.0 Å². The van der Waals surface area contributed by atoms with Gasteiger partial charge in [-0.25, -0.2) is 0 Å². The molecule has 0 rings (SSSR count). The average Bonchev–Trinajstić information content (AvgIpc) is 3.37. The Balaban J connectivity index is 4.08. The van der Waals surface area contributed by atoms with Crippen LogP contribution in [0, 0.1) is 0 Å². The van der Waals surface area contributed by atoms with Crippen LogP contribution in [0.25, 0.3) is 0 Å². The maximum atomic E-state index is 13.0. The summed E-state index contributed by atoms with van der Waals surface area (Å²) in [5.74, 6) is -0.201. The Bertz CT molecular complexity index is 1320. The van der Waals surface area contributed by atoms with Crippen LogP contribution in [0.4, 0.5) is 0 Å². The molecule has 0 aliphatic heterocycles. The maximum Gasteiger partial charge on any atom is 0.268 e. The Hall–Kier alpha value is -1.28. The van der Waals surface area contributed by atoms with Crippen molar-refractivity contribution in [3.05, 3.63) is 36.5 Å². The van der Waals surface area contributed by atoms with E-state index in [4.69, 9.17) is 9.05 Å². The zero-order valence-corrected chi connectivity index (χ0v) is 51.7. The summed E-state index contributed by atoms with van der Waals surface area (Å²) in [5.41, 5.74) is 0. The summed E-state index contributed by atoms with van der Waals surface area (Å²) in [4.78, 5) is 25.6. The standard InChI is InChI=1S/C66H129N2O6P/c1-6-8-10-12-14-16-18-20-22-24-26-28-29-30-31-32-33-34-35-36-37-38-40-42-44-46-48-50-52-54-56-58-60-66(70)67-64(63-74-75(71,72)73-62-61-68(3,4)5)65(69)59-57-55-53-51-49-47-45-43-41-39-27-25-23-21-19-17-15-13-11-9-7-2/h30-31,49,51,57,59,64-65,69H,6-29,32-48,50,52-56,58,60-63H2,1-5H3,(H-,67,70,71,72)/b31-30-,51-49+,59-57+. The lowest BCUT2D eigenvalue weighted by Gasteiger charge is -2.29. The normalized spacial score (nSPS) is 14.0. The summed E-state index contributed by atoms with van der Waals surface area (Å²) in [7, 11) is 1.26. The molecule has 0 saturated heterocycles. The molecular formula is C66H129N2O6P. The van der Waals surface area contributed by atoms with Gasteiger partial charge in [0, 0.05) is 6.42 Å². The van der Waals surface area contributed by atoms with Gasteiger partial charge in [0.15, 0.2) is 0 Å². The molecule has 0 fully saturated rings. The monoisotopic (exact) mass is 1080 g/mol. The number of allylic oxidation sites excluding steroid dienone is 5. The Labute approximate surface area is 467 Å². The molecule has 8 nitrogen and oxygen atoms in total. The second-order valence-electron chi connectivity index (χ2n) is 23.8. The van der Waals surface area contributed by atoms with Crippen LogP contribution in [0.2, 0.25) is 0 Å². The fraction of sp³-hybridized carbons (Fsp3) is 0.894. The number of amides is 1. The molecule has 75 heavy (non-hydrogen) atoms. The maximum absolute atomic E-state index is 13.0. The van der Waals surface area contributed by atoms with E-state index in [-0.39, 0.29) is 19.1 Å². The van der Waals surface area contributed by atoms with Crippen LogP contribution in [0.3, 0.4) is 0 Å². The molecule has 0 aliphatic rings. The van der Waals surface area contributed by atoms with Crippen LogP contribution in [0.1, 0.15) is 328 Å². The molecule has 1 amide bonds. The molecule has 0 aromatic heterocycles. The van der Waals surface area contributed by atoms with E-state index in [1.807, 2.05) is 27.2 Å². The van der Waals surface area contributed by atoms with Crippen molar-refractivity contribution in [1.29, 1.82) is 0 Å². The highest BCUT2D eigenvalue weighted by molar-refractivity contribution is 7.45. The van der Waals surface area contributed by atoms with E-state index in [0.717, 1.165) is 38.5 Å². The van der Waals surface area contributed by atoms with Gasteiger partial charge in [0.1, 0.15) is 13.2 Å². The minimum absolute atomic E-state index is 0.00486. The van der Waals surface area contributed by atoms with E-state index in [9.17, 15) is 19.4 Å². The summed E-state index contributed by atoms with van der Waals surface area (Å²) in [6.07, 6.45) is 75.4. The van der Waals surface area contributed by atoms with Crippen molar-refractivity contribution in [2.75, 3.05) is 40.9 Å². The van der Waals surface area contributed by atoms with Crippen LogP contribution in [-0.2, 0) is 18.4 Å². The van der Waals surface area contributed by atoms with E-state index in [2.05, 4.69) is 43.5 Å². The van der Waals surface area contributed by atoms with Crippen LogP contribution in [0.5, 0.6) is 0 Å². The van der Waals surface area contributed by atoms with Crippen molar-refractivity contribution in [2.45, 2.75) is 341 Å². The minimum Gasteiger partial charge on any atom is -0.756 e. The number of nitrogens with one attached hydrogen (secondary N) is 1. The first kappa shape index (κ1) is 73.7. The zero-order chi connectivity index (χ0) is 54.9. The molecule has 0 spiro atoms. The third kappa shape index (κ3) is 60.2. The first-order valence-corrected chi connectivity index (χ1v) is 34.3. The highest BCUT2D eigenvalue weighted by atomic mass is 31.2. The van der Waals surface area contributed by atoms with Gasteiger partial charge in [0.05, 0.1) is 39.9 Å². The molecule has 444 valence electrons. The molecule has 2 N–H and O–H groups in total. The van der Waals surface area contributed by atoms with E-state index >= 15 is 0 Å². The van der Waals surface area contributed by atoms with Gasteiger partial charge in [0.2, 0.25) is 5.91 Å². The smallest absolute Gasteiger partial charge is 0.268 e. The molecule has 0 bridgehead atoms. The minimum atomic E-state index is -4.61. The topological polar surface area (TPSA) is 108 Å². The van der Waals surface area contributed by atoms with Gasteiger partial charge in [-0.1, -0.05) is 301 Å². The number of phosphoric acid groups is 1. The number of quaternary nitrogens is 1. The number of aliphatic hydroxyl groups is 1. The number of rotatable bonds is 61. The molecule has 0 aliphatic carbocycles. The predicted molar refractivity (Wildman–Crippen MR) is 325 cm³/mol. The number of likely N-dealkylation sites (N-methyl/N-ethyl adjacent to an activating group) is 1. The van der Waals surface area contributed by atoms with Gasteiger partial charge in [-0.05, 0) is 57.8 Å². The number of hydrogen-bond donors (Lipinski definition) is 2. The number of nitrogens with zero attached hydrogens (tertiary/aromatic N) is 1. The number of aliphatic hydroxyl groups excluding tert-OH is 1. The van der Waals surface area contributed by atoms with Gasteiger partial charge >= 0.3 is 0 Å². The molecule has 0 aromatic carbocycles. The Kier molecular flexibility index (Phi) is 56.4. The van der Waals surface area contributed by atoms with Crippen molar-refractivity contribution >= 4 is 13.7 Å². The first-order chi connectivity index (χ1) is 36.5. The fourth-order valence-corrected chi connectivity index (χ4v) is 10.7. The van der Waals surface area contributed by atoms with Crippen LogP contribution >= 0.6 is 7.82 Å². The van der Waals surface area contributed by atoms with Gasteiger partial charge in [-0.2, -0.15) is 0 Å². The third-order valence-corrected chi connectivity index (χ3v) is 16.0. The molecule has 3 unspecified atom stereocenters. The lowest BCUT2D eigenvalue weighted by Crippen LogP contribution is -2.45. The predicted octanol–water partition coefficient (Wildman–Crippen LogP) is 19.9. The number of phosphoric ester groups is 1. The van der Waals surface area contributed by atoms with Crippen molar-refractivity contribution in [2.24, 2.45) is 0 Å². The molecule has 0 saturated carbocycles. The van der Waals surface area contributed by atoms with Crippen LogP contribution in [-0.4, -0.2) is 68.5 Å². The number of carbonyl (C=O) groups excluding carboxylic acids is 1. The second kappa shape index (κ2) is 57.4. The SMILES string of the molecule is CCCCCCCCCCCCCC/C=C\CCCCCCCCCCCCCCCCCCC(=O)NC(COP(=O)([O-])OCC[N+](C)(C)C)C(O)/C=C/CC/C=C/CCCCCCCCCCCCCCCCC. The summed E-state index contributed by atoms with van der Waals surface area (Å²) in [6.45, 7) is 4.68. The van der Waals surface area contributed by atoms with Gasteiger partial charge in [-0.3, -0.25) is 9.36 Å². The van der Waals surface area contributed by atoms with Crippen LogP contribution in [0.15, 0.2) is 36.5 Å². The summed E-state index contributed by atoms with van der Waals surface area (Å²) in [6, 6.07) is -0.903. The Morgan fingerprint density at radius 2 is 0.747 bits per heavy atom. The van der Waals surface area contributed by atoms with Gasteiger partial charge < -0.3 is 28.8 Å². The third-order valence-electron chi connectivity index (χ3n) is 15.1. The van der Waals surface area contributed by atoms with Crippen molar-refractivity contribution < 1.29 is 32.9 Å². The van der Waals surface area contributed by atoms with Gasteiger partial charge in [0.25, 0.3) is 7.82 Å². The molecule has 0 aromatic rings. The number of carbonyl (C=O) groups is 1. The van der Waals surface area contributed by atoms with E-state index in [1.165, 1.54) is 270 Å². The highest BCUT2D eigenvalue weighted by Crippen LogP contribution is 2.38. The number of unbranched alkanes of at least 4 members (excludes halogenated alkanes) is 44. The van der Waals surface area contributed by atoms with Crippen molar-refractivity contribution in [3.63, 3.8) is 0 Å². The highest BCUT2D eigenvalue weighted by Gasteiger charge is 2.23. The summed E-state index contributed by atoms with van der Waals surface area (Å²) < 4.78 is 23.4. The van der Waals surface area contributed by atoms with E-state index in [0.29, 0.717) is 17.4 Å². The lowest BCUT2D eigenvalue weighted by molar-refractivity contribution is -0.870. The van der Waals surface area contributed by atoms with Gasteiger partial charge in [-0.15, -0.1) is 0 Å². The van der Waals surface area contributed by atoms with Crippen molar-refractivity contribution in [1.82, 2.24) is 5.32 Å². The summed E-state index contributed by atoms with van der Waals surface area (Å²) >= 11 is 0. The number of hydrogen-bond acceptors (Lipinski definition) is 6. The van der Waals surface area contributed by atoms with Crippen molar-refractivity contribution in [3.8, 4) is 0 Å². The molecule has 3 atom stereocenters. The molecule has 0 heterocycles. The average molecular weight is 1080 g/mol. The van der Waals surface area contributed by atoms with Crippen LogP contribution < -0.4 is 10.2 Å². The quantitative estimate of drug-likeness (QED) is 0.0272. The Morgan fingerprint density at radius 1 is 0.453 bits per heavy atom. The molecule has 0 radical (unpaired) electrons. The largest absolute Gasteiger partial charge is 0.756 e.